The highest BCUT2D eigenvalue weighted by molar-refractivity contribution is 7.03. The molecular weight excluding hydrogens is 272 g/mol. The van der Waals surface area contributed by atoms with Crippen molar-refractivity contribution in [1.82, 2.24) is 19.1 Å². The SMILES string of the molecule is CCCn1c(CC(=O)c2csnn2)nc2ccccc21. The third-order valence-corrected chi connectivity index (χ3v) is 3.65. The van der Waals surface area contributed by atoms with Crippen LogP contribution < -0.4 is 0 Å². The standard InChI is InChI=1S/C14H14N4OS/c1-2-7-18-12-6-4-3-5-10(12)15-14(18)8-13(19)11-9-20-17-16-11/h3-6,9H,2,7-8H2,1H3. The molecule has 0 saturated carbocycles. The molecule has 0 radical (unpaired) electrons. The van der Waals surface area contributed by atoms with E-state index in [2.05, 4.69) is 26.1 Å². The van der Waals surface area contributed by atoms with Crippen LogP contribution in [0.1, 0.15) is 29.7 Å². The first-order chi connectivity index (χ1) is 9.79. The summed E-state index contributed by atoms with van der Waals surface area (Å²) >= 11 is 1.19. The normalized spacial score (nSPS) is 11.1. The Morgan fingerprint density at radius 2 is 2.20 bits per heavy atom. The summed E-state index contributed by atoms with van der Waals surface area (Å²) in [5.41, 5.74) is 2.43. The quantitative estimate of drug-likeness (QED) is 0.677. The molecule has 2 aromatic heterocycles. The summed E-state index contributed by atoms with van der Waals surface area (Å²) < 4.78 is 5.85. The predicted octanol–water partition coefficient (Wildman–Crippen LogP) is 2.72. The fourth-order valence-electron chi connectivity index (χ4n) is 2.25. The van der Waals surface area contributed by atoms with Gasteiger partial charge in [0, 0.05) is 11.9 Å². The minimum absolute atomic E-state index is 0.0357. The van der Waals surface area contributed by atoms with Crippen LogP contribution in [-0.2, 0) is 13.0 Å². The van der Waals surface area contributed by atoms with Gasteiger partial charge in [0.05, 0.1) is 17.5 Å². The van der Waals surface area contributed by atoms with Crippen molar-refractivity contribution in [3.05, 3.63) is 41.2 Å². The lowest BCUT2D eigenvalue weighted by Crippen LogP contribution is -2.11. The van der Waals surface area contributed by atoms with Crippen LogP contribution in [-0.4, -0.2) is 24.9 Å². The molecule has 0 unspecified atom stereocenters. The molecule has 0 bridgehead atoms. The highest BCUT2D eigenvalue weighted by Gasteiger charge is 2.16. The van der Waals surface area contributed by atoms with Crippen molar-refractivity contribution in [1.29, 1.82) is 0 Å². The first-order valence-corrected chi connectivity index (χ1v) is 7.37. The van der Waals surface area contributed by atoms with Crippen LogP contribution in [0, 0.1) is 0 Å². The number of nitrogens with zero attached hydrogens (tertiary/aromatic N) is 4. The number of fused-ring (bicyclic) bond motifs is 1. The van der Waals surface area contributed by atoms with Crippen molar-refractivity contribution in [2.24, 2.45) is 0 Å². The zero-order chi connectivity index (χ0) is 13.9. The molecule has 0 aliphatic rings. The summed E-state index contributed by atoms with van der Waals surface area (Å²) in [6.45, 7) is 2.98. The van der Waals surface area contributed by atoms with Gasteiger partial charge < -0.3 is 4.57 Å². The second-order valence-electron chi connectivity index (χ2n) is 4.56. The Balaban J connectivity index is 1.98. The van der Waals surface area contributed by atoms with Crippen molar-refractivity contribution in [3.63, 3.8) is 0 Å². The van der Waals surface area contributed by atoms with Crippen LogP contribution in [0.2, 0.25) is 0 Å². The molecule has 20 heavy (non-hydrogen) atoms. The number of aryl methyl sites for hydroxylation is 1. The monoisotopic (exact) mass is 286 g/mol. The lowest BCUT2D eigenvalue weighted by atomic mass is 10.2. The maximum atomic E-state index is 12.2. The van der Waals surface area contributed by atoms with Gasteiger partial charge in [0.1, 0.15) is 11.5 Å². The number of rotatable bonds is 5. The Hall–Kier alpha value is -2.08. The number of imidazole rings is 1. The van der Waals surface area contributed by atoms with E-state index in [0.717, 1.165) is 29.8 Å². The Kier molecular flexibility index (Phi) is 3.56. The number of Topliss-reactive ketones (excluding diaryl/α,β-unsaturated/α-hetero) is 1. The molecule has 2 heterocycles. The molecule has 1 aromatic carbocycles. The Morgan fingerprint density at radius 3 is 2.95 bits per heavy atom. The average molecular weight is 286 g/mol. The molecule has 0 aliphatic carbocycles. The molecule has 5 nitrogen and oxygen atoms in total. The summed E-state index contributed by atoms with van der Waals surface area (Å²) in [5.74, 6) is 0.762. The lowest BCUT2D eigenvalue weighted by molar-refractivity contribution is 0.0985. The number of hydrogen-bond acceptors (Lipinski definition) is 5. The molecular formula is C14H14N4OS. The van der Waals surface area contributed by atoms with E-state index in [1.807, 2.05) is 24.3 Å². The molecule has 0 atom stereocenters. The van der Waals surface area contributed by atoms with E-state index >= 15 is 0 Å². The van der Waals surface area contributed by atoms with E-state index in [1.54, 1.807) is 5.38 Å². The Labute approximate surface area is 120 Å². The summed E-state index contributed by atoms with van der Waals surface area (Å²) in [6.07, 6.45) is 1.26. The number of carbonyl (C=O) groups is 1. The number of ketones is 1. The third-order valence-electron chi connectivity index (χ3n) is 3.15. The number of benzene rings is 1. The smallest absolute Gasteiger partial charge is 0.191 e. The van der Waals surface area contributed by atoms with Gasteiger partial charge in [-0.3, -0.25) is 4.79 Å². The van der Waals surface area contributed by atoms with Crippen LogP contribution in [0.4, 0.5) is 0 Å². The zero-order valence-corrected chi connectivity index (χ0v) is 11.9. The summed E-state index contributed by atoms with van der Waals surface area (Å²) in [6, 6.07) is 7.96. The number of hydrogen-bond donors (Lipinski definition) is 0. The van der Waals surface area contributed by atoms with E-state index in [9.17, 15) is 4.79 Å². The van der Waals surface area contributed by atoms with Gasteiger partial charge in [-0.2, -0.15) is 0 Å². The van der Waals surface area contributed by atoms with E-state index in [0.29, 0.717) is 5.69 Å². The van der Waals surface area contributed by atoms with Crippen molar-refractivity contribution < 1.29 is 4.79 Å². The van der Waals surface area contributed by atoms with Crippen molar-refractivity contribution >= 4 is 28.3 Å². The van der Waals surface area contributed by atoms with Crippen LogP contribution in [0.15, 0.2) is 29.6 Å². The molecule has 6 heteroatoms. The van der Waals surface area contributed by atoms with E-state index in [1.165, 1.54) is 11.5 Å². The maximum Gasteiger partial charge on any atom is 0.191 e. The maximum absolute atomic E-state index is 12.2. The largest absolute Gasteiger partial charge is 0.328 e. The number of aromatic nitrogens is 4. The predicted molar refractivity (Wildman–Crippen MR) is 78.0 cm³/mol. The van der Waals surface area contributed by atoms with Crippen LogP contribution in [0.3, 0.4) is 0 Å². The van der Waals surface area contributed by atoms with Gasteiger partial charge >= 0.3 is 0 Å². The Morgan fingerprint density at radius 1 is 1.35 bits per heavy atom. The van der Waals surface area contributed by atoms with Crippen molar-refractivity contribution in [2.45, 2.75) is 26.3 Å². The number of para-hydroxylation sites is 2. The summed E-state index contributed by atoms with van der Waals surface area (Å²) in [4.78, 5) is 16.7. The zero-order valence-electron chi connectivity index (χ0n) is 11.1. The Bertz CT molecular complexity index is 733. The van der Waals surface area contributed by atoms with Gasteiger partial charge in [0.15, 0.2) is 5.78 Å². The van der Waals surface area contributed by atoms with Gasteiger partial charge in [-0.05, 0) is 30.1 Å². The van der Waals surface area contributed by atoms with E-state index in [4.69, 9.17) is 0 Å². The second kappa shape index (κ2) is 5.50. The first kappa shape index (κ1) is 12.9. The highest BCUT2D eigenvalue weighted by atomic mass is 32.1. The van der Waals surface area contributed by atoms with Crippen LogP contribution in [0.5, 0.6) is 0 Å². The number of carbonyl (C=O) groups excluding carboxylic acids is 1. The molecule has 0 saturated heterocycles. The third kappa shape index (κ3) is 2.34. The average Bonchev–Trinajstić information content (AvgIpc) is 3.08. The molecule has 102 valence electrons. The minimum atomic E-state index is -0.0357. The van der Waals surface area contributed by atoms with Crippen LogP contribution in [0.25, 0.3) is 11.0 Å². The molecule has 0 spiro atoms. The fraction of sp³-hybridized carbons (Fsp3) is 0.286. The van der Waals surface area contributed by atoms with Gasteiger partial charge in [-0.25, -0.2) is 4.98 Å². The molecule has 0 N–H and O–H groups in total. The molecule has 0 fully saturated rings. The summed E-state index contributed by atoms with van der Waals surface area (Å²) in [5, 5.41) is 5.50. The lowest BCUT2D eigenvalue weighted by Gasteiger charge is -2.06. The van der Waals surface area contributed by atoms with E-state index < -0.39 is 0 Å². The molecule has 3 aromatic rings. The van der Waals surface area contributed by atoms with Gasteiger partial charge in [0.2, 0.25) is 0 Å². The van der Waals surface area contributed by atoms with Crippen molar-refractivity contribution in [2.75, 3.05) is 0 Å². The molecule has 3 rings (SSSR count). The van der Waals surface area contributed by atoms with E-state index in [-0.39, 0.29) is 12.2 Å². The summed E-state index contributed by atoms with van der Waals surface area (Å²) in [7, 11) is 0. The fourth-order valence-corrected chi connectivity index (χ4v) is 2.71. The highest BCUT2D eigenvalue weighted by Crippen LogP contribution is 2.18. The van der Waals surface area contributed by atoms with Crippen LogP contribution >= 0.6 is 11.5 Å². The minimum Gasteiger partial charge on any atom is -0.328 e. The topological polar surface area (TPSA) is 60.7 Å². The van der Waals surface area contributed by atoms with Gasteiger partial charge in [-0.15, -0.1) is 5.10 Å². The second-order valence-corrected chi connectivity index (χ2v) is 5.17. The molecule has 0 amide bonds. The first-order valence-electron chi connectivity index (χ1n) is 6.54. The van der Waals surface area contributed by atoms with Crippen molar-refractivity contribution in [3.8, 4) is 0 Å². The van der Waals surface area contributed by atoms with Gasteiger partial charge in [0.25, 0.3) is 0 Å². The van der Waals surface area contributed by atoms with Gasteiger partial charge in [-0.1, -0.05) is 23.5 Å². The molecule has 0 aliphatic heterocycles.